The maximum Gasteiger partial charge on any atom is 0.226 e. The number of allylic oxidation sites excluding steroid dienone is 1. The van der Waals surface area contributed by atoms with Crippen molar-refractivity contribution in [3.05, 3.63) is 23.2 Å². The molecule has 21 heavy (non-hydrogen) atoms. The van der Waals surface area contributed by atoms with E-state index in [2.05, 4.69) is 11.8 Å². The van der Waals surface area contributed by atoms with Crippen LogP contribution in [0, 0.1) is 29.2 Å². The summed E-state index contributed by atoms with van der Waals surface area (Å²) >= 11 is 0. The van der Waals surface area contributed by atoms with Gasteiger partial charge in [0.1, 0.15) is 0 Å². The van der Waals surface area contributed by atoms with E-state index in [0.29, 0.717) is 6.54 Å². The Bertz CT molecular complexity index is 580. The summed E-state index contributed by atoms with van der Waals surface area (Å²) in [5.74, 6) is 0.656. The van der Waals surface area contributed by atoms with E-state index in [1.807, 2.05) is 24.8 Å². The predicted octanol–water partition coefficient (Wildman–Crippen LogP) is 2.66. The smallest absolute Gasteiger partial charge is 0.226 e. The molecule has 1 aliphatic heterocycles. The number of hydrogen-bond donors (Lipinski definition) is 0. The van der Waals surface area contributed by atoms with Gasteiger partial charge in [0.2, 0.25) is 11.6 Å². The van der Waals surface area contributed by atoms with Crippen LogP contribution in [0.2, 0.25) is 0 Å². The van der Waals surface area contributed by atoms with Gasteiger partial charge in [-0.1, -0.05) is 26.8 Å². The molecule has 1 saturated carbocycles. The zero-order valence-corrected chi connectivity index (χ0v) is 13.0. The van der Waals surface area contributed by atoms with Crippen LogP contribution >= 0.6 is 0 Å². The van der Waals surface area contributed by atoms with Crippen LogP contribution in [-0.2, 0) is 9.59 Å². The molecule has 2 aliphatic carbocycles. The summed E-state index contributed by atoms with van der Waals surface area (Å²) < 4.78 is 0. The first kappa shape index (κ1) is 14.3. The Labute approximate surface area is 126 Å². The number of hydrogen-bond acceptors (Lipinski definition) is 2. The normalized spacial score (nSPS) is 34.8. The Morgan fingerprint density at radius 2 is 2.00 bits per heavy atom. The van der Waals surface area contributed by atoms with E-state index in [0.717, 1.165) is 25.8 Å². The first-order valence-electron chi connectivity index (χ1n) is 7.73. The van der Waals surface area contributed by atoms with E-state index in [9.17, 15) is 9.59 Å². The molecular formula is C17H22N2O2. The minimum Gasteiger partial charge on any atom is -0.342 e. The summed E-state index contributed by atoms with van der Waals surface area (Å²) in [7, 11) is 0. The van der Waals surface area contributed by atoms with Crippen molar-refractivity contribution in [2.45, 2.75) is 40.0 Å². The predicted molar refractivity (Wildman–Crippen MR) is 79.0 cm³/mol. The quantitative estimate of drug-likeness (QED) is 0.695. The highest BCUT2D eigenvalue weighted by atomic mass is 16.2. The molecule has 112 valence electrons. The summed E-state index contributed by atoms with van der Waals surface area (Å²) in [4.78, 5) is 30.2. The molecule has 0 N–H and O–H groups in total. The Morgan fingerprint density at radius 1 is 1.33 bits per heavy atom. The van der Waals surface area contributed by atoms with Crippen molar-refractivity contribution in [2.75, 3.05) is 13.1 Å². The number of carbonyl (C=O) groups excluding carboxylic acids is 2. The number of rotatable bonds is 1. The molecule has 3 rings (SSSR count). The lowest BCUT2D eigenvalue weighted by molar-refractivity contribution is -0.141. The lowest BCUT2D eigenvalue weighted by atomic mass is 9.55. The topological polar surface area (TPSA) is 41.7 Å². The van der Waals surface area contributed by atoms with Crippen LogP contribution < -0.4 is 0 Å². The first-order chi connectivity index (χ1) is 9.79. The molecule has 3 aliphatic rings. The largest absolute Gasteiger partial charge is 0.342 e. The molecular weight excluding hydrogens is 264 g/mol. The molecule has 1 amide bonds. The molecule has 1 saturated heterocycles. The SMILES string of the molecule is [C-]#[N+]C1=C[C@@]2(C)CN(C(=O)C3CC3)CC[C@@H]2C(C)(C)C1=O. The summed E-state index contributed by atoms with van der Waals surface area (Å²) in [5.41, 5.74) is -0.530. The monoisotopic (exact) mass is 286 g/mol. The maximum atomic E-state index is 12.4. The van der Waals surface area contributed by atoms with Gasteiger partial charge in [0, 0.05) is 24.4 Å². The Kier molecular flexibility index (Phi) is 3.02. The van der Waals surface area contributed by atoms with Crippen molar-refractivity contribution in [3.8, 4) is 0 Å². The first-order valence-corrected chi connectivity index (χ1v) is 7.73. The molecule has 0 bridgehead atoms. The molecule has 0 unspecified atom stereocenters. The highest BCUT2D eigenvalue weighted by Gasteiger charge is 2.54. The maximum absolute atomic E-state index is 12.4. The van der Waals surface area contributed by atoms with Crippen molar-refractivity contribution >= 4 is 11.7 Å². The van der Waals surface area contributed by atoms with Crippen molar-refractivity contribution in [1.82, 2.24) is 4.90 Å². The van der Waals surface area contributed by atoms with Gasteiger partial charge in [-0.3, -0.25) is 4.79 Å². The second kappa shape index (κ2) is 4.43. The third-order valence-corrected chi connectivity index (χ3v) is 5.53. The number of amides is 1. The molecule has 2 atom stereocenters. The summed E-state index contributed by atoms with van der Waals surface area (Å²) in [6, 6.07) is 0. The molecule has 2 fully saturated rings. The van der Waals surface area contributed by atoms with Crippen LogP contribution in [0.3, 0.4) is 0 Å². The Balaban J connectivity index is 1.94. The zero-order chi connectivity index (χ0) is 15.4. The number of carbonyl (C=O) groups is 2. The van der Waals surface area contributed by atoms with Gasteiger partial charge in [-0.05, 0) is 30.6 Å². The number of piperidine rings is 1. The number of ketones is 1. The molecule has 0 spiro atoms. The van der Waals surface area contributed by atoms with Gasteiger partial charge in [0.05, 0.1) is 6.57 Å². The molecule has 4 nitrogen and oxygen atoms in total. The lowest BCUT2D eigenvalue weighted by Gasteiger charge is -2.53. The van der Waals surface area contributed by atoms with Gasteiger partial charge in [-0.15, -0.1) is 0 Å². The number of fused-ring (bicyclic) bond motifs is 1. The van der Waals surface area contributed by atoms with Crippen molar-refractivity contribution in [1.29, 1.82) is 0 Å². The van der Waals surface area contributed by atoms with Gasteiger partial charge < -0.3 is 9.69 Å². The van der Waals surface area contributed by atoms with Crippen molar-refractivity contribution < 1.29 is 9.59 Å². The number of nitrogens with zero attached hydrogens (tertiary/aromatic N) is 2. The fraction of sp³-hybridized carbons (Fsp3) is 0.706. The van der Waals surface area contributed by atoms with Crippen LogP contribution in [0.4, 0.5) is 0 Å². The van der Waals surface area contributed by atoms with Gasteiger partial charge in [-0.25, -0.2) is 4.85 Å². The van der Waals surface area contributed by atoms with Gasteiger partial charge >= 0.3 is 0 Å². The van der Waals surface area contributed by atoms with E-state index in [4.69, 9.17) is 6.57 Å². The number of Topliss-reactive ketones (excluding diaryl/α,β-unsaturated/α-hetero) is 1. The highest BCUT2D eigenvalue weighted by Crippen LogP contribution is 2.52. The summed E-state index contributed by atoms with van der Waals surface area (Å²) in [6.45, 7) is 14.7. The highest BCUT2D eigenvalue weighted by molar-refractivity contribution is 6.02. The molecule has 0 aromatic heterocycles. The average molecular weight is 286 g/mol. The molecule has 0 aromatic carbocycles. The van der Waals surface area contributed by atoms with E-state index < -0.39 is 5.41 Å². The zero-order valence-electron chi connectivity index (χ0n) is 13.0. The second-order valence-corrected chi connectivity index (χ2v) is 7.57. The molecule has 4 heteroatoms. The van der Waals surface area contributed by atoms with Crippen LogP contribution in [0.15, 0.2) is 11.8 Å². The van der Waals surface area contributed by atoms with Crippen LogP contribution in [0.1, 0.15) is 40.0 Å². The van der Waals surface area contributed by atoms with E-state index in [1.165, 1.54) is 0 Å². The van der Waals surface area contributed by atoms with E-state index >= 15 is 0 Å². The van der Waals surface area contributed by atoms with Crippen molar-refractivity contribution in [3.63, 3.8) is 0 Å². The average Bonchev–Trinajstić information content (AvgIpc) is 3.26. The van der Waals surface area contributed by atoms with Crippen molar-refractivity contribution in [2.24, 2.45) is 22.7 Å². The second-order valence-electron chi connectivity index (χ2n) is 7.57. The lowest BCUT2D eigenvalue weighted by Crippen LogP contribution is -2.56. The van der Waals surface area contributed by atoms with Gasteiger partial charge in [0.15, 0.2) is 5.78 Å². The van der Waals surface area contributed by atoms with E-state index in [1.54, 1.807) is 0 Å². The fourth-order valence-corrected chi connectivity index (χ4v) is 4.27. The number of likely N-dealkylation sites (tertiary alicyclic amines) is 1. The summed E-state index contributed by atoms with van der Waals surface area (Å²) in [6.07, 6.45) is 4.71. The molecule has 0 aromatic rings. The Hall–Kier alpha value is -1.63. The Morgan fingerprint density at radius 3 is 2.57 bits per heavy atom. The van der Waals surface area contributed by atoms with Gasteiger partial charge in [-0.2, -0.15) is 0 Å². The third-order valence-electron chi connectivity index (χ3n) is 5.53. The van der Waals surface area contributed by atoms with E-state index in [-0.39, 0.29) is 34.6 Å². The van der Waals surface area contributed by atoms with Gasteiger partial charge in [0.25, 0.3) is 0 Å². The van der Waals surface area contributed by atoms with Crippen LogP contribution in [0.5, 0.6) is 0 Å². The molecule has 0 radical (unpaired) electrons. The third kappa shape index (κ3) is 2.10. The standard InChI is InChI=1S/C17H22N2O2/c1-16(2)13-7-8-19(15(21)11-5-6-11)10-17(13,3)9-12(18-4)14(16)20/h9,11,13H,5-8,10H2,1-3H3/t13-,17+/m1/s1. The van der Waals surface area contributed by atoms with Crippen LogP contribution in [0.25, 0.3) is 4.85 Å². The fourth-order valence-electron chi connectivity index (χ4n) is 4.27. The minimum atomic E-state index is -0.516. The minimum absolute atomic E-state index is 0.0399. The molecule has 1 heterocycles. The van der Waals surface area contributed by atoms with Crippen LogP contribution in [-0.4, -0.2) is 29.7 Å². The summed E-state index contributed by atoms with van der Waals surface area (Å²) in [5, 5.41) is 0.